The van der Waals surface area contributed by atoms with E-state index in [-0.39, 0.29) is 0 Å². The molecule has 0 N–H and O–H groups in total. The normalized spacial score (nSPS) is 15.7. The number of hydrogen-bond donors (Lipinski definition) is 0. The van der Waals surface area contributed by atoms with E-state index in [0.29, 0.717) is 11.1 Å². The van der Waals surface area contributed by atoms with E-state index in [4.69, 9.17) is 16.3 Å². The van der Waals surface area contributed by atoms with Crippen LogP contribution in [-0.2, 0) is 16.3 Å². The van der Waals surface area contributed by atoms with Gasteiger partial charge in [-0.15, -0.1) is 6.07 Å². The fourth-order valence-corrected chi connectivity index (χ4v) is 1.85. The van der Waals surface area contributed by atoms with Gasteiger partial charge >= 0.3 is 30.0 Å². The van der Waals surface area contributed by atoms with Crippen molar-refractivity contribution in [3.05, 3.63) is 29.3 Å². The summed E-state index contributed by atoms with van der Waals surface area (Å²) in [7, 11) is 0. The van der Waals surface area contributed by atoms with Crippen molar-refractivity contribution in [2.75, 3.05) is 0 Å². The summed E-state index contributed by atoms with van der Waals surface area (Å²) in [4.78, 5) is 0. The van der Waals surface area contributed by atoms with Gasteiger partial charge in [0.2, 0.25) is 0 Å². The second kappa shape index (κ2) is 7.65. The van der Waals surface area contributed by atoms with Crippen LogP contribution in [0.2, 0.25) is 5.02 Å². The fourth-order valence-electron chi connectivity index (χ4n) is 1.68. The van der Waals surface area contributed by atoms with E-state index in [9.17, 15) is 0 Å². The van der Waals surface area contributed by atoms with E-state index >= 15 is 0 Å². The van der Waals surface area contributed by atoms with E-state index in [1.807, 2.05) is 12.1 Å². The Hall–Kier alpha value is 0.413. The predicted octanol–water partition coefficient (Wildman–Crippen LogP) is 4.30. The maximum atomic E-state index is 5.95. The Balaban J connectivity index is 0.000000531. The van der Waals surface area contributed by atoms with E-state index in [1.165, 1.54) is 29.2 Å². The first kappa shape index (κ1) is 13.5. The van der Waals surface area contributed by atoms with E-state index in [1.54, 1.807) is 6.07 Å². The van der Waals surface area contributed by atoms with Crippen molar-refractivity contribution in [2.24, 2.45) is 0 Å². The van der Waals surface area contributed by atoms with Crippen LogP contribution in [-0.4, -0.2) is 6.10 Å². The summed E-state index contributed by atoms with van der Waals surface area (Å²) in [6.07, 6.45) is 5.26. The zero-order valence-corrected chi connectivity index (χ0v) is 13.8. The number of rotatable bonds is 2. The number of ether oxygens (including phenoxy) is 1. The summed E-state index contributed by atoms with van der Waals surface area (Å²) in [5, 5.41) is 0.661. The molecule has 0 radical (unpaired) electrons. The average molecular weight is 341 g/mol. The van der Waals surface area contributed by atoms with Crippen molar-refractivity contribution in [3.63, 3.8) is 0 Å². The molecule has 1 nitrogen and oxygen atoms in total. The quantitative estimate of drug-likeness (QED) is 0.576. The Kier molecular flexibility index (Phi) is 6.87. The van der Waals surface area contributed by atoms with E-state index in [0.717, 1.165) is 18.6 Å². The molecule has 1 aliphatic carbocycles. The van der Waals surface area contributed by atoms with Crippen LogP contribution in [0.1, 0.15) is 25.7 Å². The molecule has 1 fully saturated rings. The Bertz CT molecular complexity index is 290. The molecule has 0 aliphatic heterocycles. The van der Waals surface area contributed by atoms with Crippen LogP contribution >= 0.6 is 25.2 Å². The maximum absolute atomic E-state index is 5.95. The molecule has 15 heavy (non-hydrogen) atoms. The summed E-state index contributed by atoms with van der Waals surface area (Å²) < 4.78 is 5.75. The SMILES string of the molecule is Clc1c[c-]ccc1OC1CCCC1.[Zn+][Br]. The van der Waals surface area contributed by atoms with Gasteiger partial charge in [0, 0.05) is 5.75 Å². The topological polar surface area (TPSA) is 9.23 Å². The Morgan fingerprint density at radius 2 is 2.07 bits per heavy atom. The van der Waals surface area contributed by atoms with Crippen LogP contribution in [0.3, 0.4) is 0 Å². The van der Waals surface area contributed by atoms with Gasteiger partial charge in [-0.2, -0.15) is 29.8 Å². The van der Waals surface area contributed by atoms with Crippen LogP contribution in [0, 0.1) is 6.07 Å². The van der Waals surface area contributed by atoms with Gasteiger partial charge in [-0.05, 0) is 30.7 Å². The molecule has 0 amide bonds. The Morgan fingerprint density at radius 1 is 1.40 bits per heavy atom. The first-order valence-electron chi connectivity index (χ1n) is 4.95. The molecular formula is C11H12BrClOZn. The first-order valence-corrected chi connectivity index (χ1v) is 12.3. The van der Waals surface area contributed by atoms with Crippen LogP contribution in [0.5, 0.6) is 5.75 Å². The van der Waals surface area contributed by atoms with Crippen molar-refractivity contribution in [1.29, 1.82) is 0 Å². The number of benzene rings is 1. The van der Waals surface area contributed by atoms with Gasteiger partial charge in [0.1, 0.15) is 0 Å². The third-order valence-corrected chi connectivity index (χ3v) is 2.67. The Morgan fingerprint density at radius 3 is 2.67 bits per heavy atom. The van der Waals surface area contributed by atoms with Gasteiger partial charge < -0.3 is 4.74 Å². The van der Waals surface area contributed by atoms with Crippen LogP contribution in [0.25, 0.3) is 0 Å². The molecule has 0 atom stereocenters. The van der Waals surface area contributed by atoms with Crippen LogP contribution < -0.4 is 4.74 Å². The Labute approximate surface area is 113 Å². The minimum absolute atomic E-state index is 0.375. The standard InChI is InChI=1S/C11H12ClO.BrH.Zn/c12-10-7-3-4-8-11(10)13-9-5-1-2-6-9;;/h4,7-9H,1-2,5-6H2;1H;/q-1;;+2/p-1. The number of hydrogen-bond acceptors (Lipinski definition) is 1. The zero-order chi connectivity index (χ0) is 11.1. The van der Waals surface area contributed by atoms with Crippen LogP contribution in [0.4, 0.5) is 0 Å². The fraction of sp³-hybridized carbons (Fsp3) is 0.455. The van der Waals surface area contributed by atoms with Crippen molar-refractivity contribution >= 4 is 25.2 Å². The molecule has 0 aromatic heterocycles. The third-order valence-electron chi connectivity index (χ3n) is 2.37. The molecule has 78 valence electrons. The molecule has 0 heterocycles. The summed E-state index contributed by atoms with van der Waals surface area (Å²) in [5.41, 5.74) is 0. The molecular weight excluding hydrogens is 329 g/mol. The average Bonchev–Trinajstić information content (AvgIpc) is 2.77. The third kappa shape index (κ3) is 4.42. The molecule has 1 aromatic carbocycles. The summed E-state index contributed by atoms with van der Waals surface area (Å²) in [6, 6.07) is 8.36. The van der Waals surface area contributed by atoms with Crippen molar-refractivity contribution in [3.8, 4) is 5.75 Å². The molecule has 0 spiro atoms. The molecule has 2 rings (SSSR count). The molecule has 1 aliphatic rings. The number of halogens is 2. The van der Waals surface area contributed by atoms with Crippen molar-refractivity contribution < 1.29 is 21.1 Å². The summed E-state index contributed by atoms with van der Waals surface area (Å²) >= 11 is 10.2. The predicted molar refractivity (Wildman–Crippen MR) is 62.1 cm³/mol. The van der Waals surface area contributed by atoms with E-state index in [2.05, 4.69) is 19.7 Å². The van der Waals surface area contributed by atoms with Crippen LogP contribution in [0.15, 0.2) is 18.2 Å². The van der Waals surface area contributed by atoms with Gasteiger partial charge in [0.05, 0.1) is 6.10 Å². The van der Waals surface area contributed by atoms with Gasteiger partial charge in [-0.3, -0.25) is 0 Å². The van der Waals surface area contributed by atoms with Crippen molar-refractivity contribution in [2.45, 2.75) is 31.8 Å². The van der Waals surface area contributed by atoms with E-state index < -0.39 is 0 Å². The monoisotopic (exact) mass is 338 g/mol. The molecule has 1 saturated carbocycles. The first-order chi connectivity index (χ1) is 7.36. The molecule has 0 bridgehead atoms. The second-order valence-corrected chi connectivity index (χ2v) is 3.79. The van der Waals surface area contributed by atoms with Crippen molar-refractivity contribution in [1.82, 2.24) is 0 Å². The molecule has 0 unspecified atom stereocenters. The molecule has 0 saturated heterocycles. The molecule has 1 aromatic rings. The van der Waals surface area contributed by atoms with Gasteiger partial charge in [0.15, 0.2) is 0 Å². The van der Waals surface area contributed by atoms with Gasteiger partial charge in [-0.1, -0.05) is 0 Å². The minimum atomic E-state index is 0.375. The molecule has 4 heteroatoms. The summed E-state index contributed by atoms with van der Waals surface area (Å²) in [6.45, 7) is 0. The van der Waals surface area contributed by atoms with Gasteiger partial charge in [-0.25, -0.2) is 0 Å². The summed E-state index contributed by atoms with van der Waals surface area (Å²) in [5.74, 6) is 0.798. The zero-order valence-electron chi connectivity index (χ0n) is 8.51. The van der Waals surface area contributed by atoms with Gasteiger partial charge in [0.25, 0.3) is 0 Å². The second-order valence-electron chi connectivity index (χ2n) is 3.38.